The molecular formula is C38H50N6O9. The van der Waals surface area contributed by atoms with Crippen molar-refractivity contribution in [2.75, 3.05) is 26.2 Å². The molecule has 2 aromatic carbocycles. The first-order chi connectivity index (χ1) is 25.2. The van der Waals surface area contributed by atoms with Gasteiger partial charge in [-0.25, -0.2) is 0 Å². The van der Waals surface area contributed by atoms with Gasteiger partial charge in [-0.05, 0) is 36.3 Å². The Kier molecular flexibility index (Phi) is 14.2. The number of carboxylic acids is 2. The Morgan fingerprint density at radius 3 is 2.09 bits per heavy atom. The van der Waals surface area contributed by atoms with Crippen LogP contribution in [0.25, 0.3) is 0 Å². The fraction of sp³-hybridized carbons (Fsp3) is 0.500. The summed E-state index contributed by atoms with van der Waals surface area (Å²) in [5.74, 6) is -6.13. The number of nitrogens with one attached hydrogen (secondary N) is 3. The van der Waals surface area contributed by atoms with Crippen LogP contribution in [-0.4, -0.2) is 117 Å². The zero-order valence-electron chi connectivity index (χ0n) is 30.2. The van der Waals surface area contributed by atoms with Crippen LogP contribution in [0.15, 0.2) is 60.7 Å². The van der Waals surface area contributed by atoms with Crippen molar-refractivity contribution >= 4 is 41.4 Å². The summed E-state index contributed by atoms with van der Waals surface area (Å²) in [6.45, 7) is 4.34. The van der Waals surface area contributed by atoms with Crippen LogP contribution in [0.4, 0.5) is 0 Å². The van der Waals surface area contributed by atoms with Gasteiger partial charge in [-0.1, -0.05) is 74.5 Å². The molecule has 2 heterocycles. The molecular weight excluding hydrogens is 684 g/mol. The van der Waals surface area contributed by atoms with Gasteiger partial charge in [-0.2, -0.15) is 0 Å². The molecule has 4 amide bonds. The van der Waals surface area contributed by atoms with Crippen molar-refractivity contribution in [2.45, 2.75) is 88.5 Å². The third kappa shape index (κ3) is 10.5. The summed E-state index contributed by atoms with van der Waals surface area (Å²) in [7, 11) is 0. The van der Waals surface area contributed by atoms with Gasteiger partial charge in [0.2, 0.25) is 17.7 Å². The standard InChI is InChI=1S/C38H50N6O9/c1-24(2)18-28(39)34(50)41-29(22-33(48)49)35(51)42-30(19-25-10-5-3-6-11-25)36(52)44-16-9-14-38(44,31(45)20-26-12-7-4-8-13-26)37(53)43-17-15-40-23-27(43)21-32(46)47/h3-8,10-13,24,27-30,40H,9,14-23,39H2,1-2H3,(H,41,50)(H,42,51)(H,46,47)(H,48,49)/t27?,28-,29-,30-,38+/m0/s1. The number of carbonyl (C=O) groups excluding carboxylic acids is 5. The predicted octanol–water partition coefficient (Wildman–Crippen LogP) is 0.495. The third-order valence-corrected chi connectivity index (χ3v) is 9.66. The Bertz CT molecular complexity index is 1640. The summed E-state index contributed by atoms with van der Waals surface area (Å²) >= 11 is 0. The van der Waals surface area contributed by atoms with E-state index in [0.717, 1.165) is 0 Å². The third-order valence-electron chi connectivity index (χ3n) is 9.66. The van der Waals surface area contributed by atoms with Crippen molar-refractivity contribution in [1.82, 2.24) is 25.8 Å². The summed E-state index contributed by atoms with van der Waals surface area (Å²) in [4.78, 5) is 97.3. The topological polar surface area (TPSA) is 229 Å². The summed E-state index contributed by atoms with van der Waals surface area (Å²) in [6, 6.07) is 12.7. The number of aliphatic carboxylic acids is 2. The van der Waals surface area contributed by atoms with Crippen LogP contribution in [0.5, 0.6) is 0 Å². The quantitative estimate of drug-likeness (QED) is 0.123. The predicted molar refractivity (Wildman–Crippen MR) is 193 cm³/mol. The van der Waals surface area contributed by atoms with E-state index in [4.69, 9.17) is 5.73 Å². The van der Waals surface area contributed by atoms with Crippen molar-refractivity contribution < 1.29 is 43.8 Å². The molecule has 4 rings (SSSR count). The Morgan fingerprint density at radius 2 is 1.49 bits per heavy atom. The van der Waals surface area contributed by atoms with E-state index in [1.807, 2.05) is 13.8 Å². The van der Waals surface area contributed by atoms with Crippen molar-refractivity contribution in [3.05, 3.63) is 71.8 Å². The average molecular weight is 735 g/mol. The molecule has 0 radical (unpaired) electrons. The molecule has 1 unspecified atom stereocenters. The molecule has 2 saturated heterocycles. The number of carbonyl (C=O) groups is 7. The molecule has 0 spiro atoms. The minimum absolute atomic E-state index is 0.0126. The largest absolute Gasteiger partial charge is 0.481 e. The number of likely N-dealkylation sites (tertiary alicyclic amines) is 1. The maximum atomic E-state index is 14.9. The number of carboxylic acid groups (broad SMARTS) is 2. The van der Waals surface area contributed by atoms with Crippen LogP contribution in [0, 0.1) is 5.92 Å². The number of nitrogens with two attached hydrogens (primary N) is 1. The summed E-state index contributed by atoms with van der Waals surface area (Å²) in [5, 5.41) is 27.5. The van der Waals surface area contributed by atoms with Crippen molar-refractivity contribution in [3.63, 3.8) is 0 Å². The van der Waals surface area contributed by atoms with Crippen LogP contribution in [-0.2, 0) is 46.4 Å². The number of nitrogens with zero attached hydrogens (tertiary/aromatic N) is 2. The first kappa shape index (κ1) is 40.6. The van der Waals surface area contributed by atoms with E-state index in [1.165, 1.54) is 9.80 Å². The van der Waals surface area contributed by atoms with Gasteiger partial charge in [0.05, 0.1) is 24.9 Å². The maximum Gasteiger partial charge on any atom is 0.305 e. The van der Waals surface area contributed by atoms with Gasteiger partial charge in [0.1, 0.15) is 12.1 Å². The number of ketones is 1. The second-order valence-electron chi connectivity index (χ2n) is 14.1. The molecule has 2 aliphatic rings. The highest BCUT2D eigenvalue weighted by atomic mass is 16.4. The van der Waals surface area contributed by atoms with E-state index in [2.05, 4.69) is 16.0 Å². The van der Waals surface area contributed by atoms with Gasteiger partial charge < -0.3 is 41.7 Å². The SMILES string of the molecule is CC(C)C[C@H](N)C(=O)N[C@@H](CC(=O)O)C(=O)N[C@@H](Cc1ccccc1)C(=O)N1CCC[C@@]1(C(=O)Cc1ccccc1)C(=O)N1CCNCC1CC(=O)O. The second kappa shape index (κ2) is 18.6. The van der Waals surface area contributed by atoms with Crippen LogP contribution < -0.4 is 21.7 Å². The van der Waals surface area contributed by atoms with E-state index in [9.17, 15) is 43.8 Å². The van der Waals surface area contributed by atoms with Crippen molar-refractivity contribution in [3.8, 4) is 0 Å². The van der Waals surface area contributed by atoms with E-state index in [-0.39, 0.29) is 64.1 Å². The van der Waals surface area contributed by atoms with E-state index in [0.29, 0.717) is 17.7 Å². The van der Waals surface area contributed by atoms with E-state index >= 15 is 0 Å². The molecule has 0 bridgehead atoms. The number of piperazine rings is 1. The number of hydrogen-bond acceptors (Lipinski definition) is 9. The minimum atomic E-state index is -2.01. The number of hydrogen-bond donors (Lipinski definition) is 6. The summed E-state index contributed by atoms with van der Waals surface area (Å²) in [5.41, 5.74) is 5.24. The first-order valence-corrected chi connectivity index (χ1v) is 18.0. The first-order valence-electron chi connectivity index (χ1n) is 18.0. The molecule has 15 heteroatoms. The van der Waals surface area contributed by atoms with Crippen LogP contribution in [0.2, 0.25) is 0 Å². The van der Waals surface area contributed by atoms with Crippen LogP contribution in [0.3, 0.4) is 0 Å². The Morgan fingerprint density at radius 1 is 0.868 bits per heavy atom. The molecule has 0 aromatic heterocycles. The fourth-order valence-electron chi connectivity index (χ4n) is 7.11. The van der Waals surface area contributed by atoms with Crippen LogP contribution in [0.1, 0.15) is 57.1 Å². The van der Waals surface area contributed by atoms with Gasteiger partial charge in [0.25, 0.3) is 5.91 Å². The Hall–Kier alpha value is -5.15. The van der Waals surface area contributed by atoms with E-state index in [1.54, 1.807) is 60.7 Å². The second-order valence-corrected chi connectivity index (χ2v) is 14.1. The maximum absolute atomic E-state index is 14.9. The number of Topliss-reactive ketones (excluding diaryl/α,β-unsaturated/α-hetero) is 1. The average Bonchev–Trinajstić information content (AvgIpc) is 3.57. The van der Waals surface area contributed by atoms with Crippen molar-refractivity contribution in [1.29, 1.82) is 0 Å². The molecule has 5 atom stereocenters. The Balaban J connectivity index is 1.74. The molecule has 53 heavy (non-hydrogen) atoms. The monoisotopic (exact) mass is 734 g/mol. The molecule has 2 fully saturated rings. The highest BCUT2D eigenvalue weighted by Crippen LogP contribution is 2.36. The normalized spacial score (nSPS) is 20.3. The minimum Gasteiger partial charge on any atom is -0.481 e. The Labute approximate surface area is 308 Å². The van der Waals surface area contributed by atoms with Gasteiger partial charge in [0, 0.05) is 39.0 Å². The van der Waals surface area contributed by atoms with Gasteiger partial charge >= 0.3 is 11.9 Å². The van der Waals surface area contributed by atoms with Gasteiger partial charge in [-0.15, -0.1) is 0 Å². The lowest BCUT2D eigenvalue weighted by atomic mass is 9.84. The molecule has 0 aliphatic carbocycles. The molecule has 15 nitrogen and oxygen atoms in total. The number of amides is 4. The smallest absolute Gasteiger partial charge is 0.305 e. The molecule has 2 aliphatic heterocycles. The molecule has 0 saturated carbocycles. The zero-order valence-corrected chi connectivity index (χ0v) is 30.2. The summed E-state index contributed by atoms with van der Waals surface area (Å²) < 4.78 is 0. The zero-order chi connectivity index (χ0) is 38.7. The molecule has 286 valence electrons. The highest BCUT2D eigenvalue weighted by molar-refractivity contribution is 6.14. The van der Waals surface area contributed by atoms with Gasteiger partial charge in [-0.3, -0.25) is 33.6 Å². The number of rotatable bonds is 17. The fourth-order valence-corrected chi connectivity index (χ4v) is 7.11. The molecule has 2 aromatic rings. The van der Waals surface area contributed by atoms with Gasteiger partial charge in [0.15, 0.2) is 11.3 Å². The molecule has 7 N–H and O–H groups in total. The summed E-state index contributed by atoms with van der Waals surface area (Å²) in [6.07, 6.45) is -0.922. The van der Waals surface area contributed by atoms with E-state index < -0.39 is 77.5 Å². The van der Waals surface area contributed by atoms with Crippen LogP contribution >= 0.6 is 0 Å². The lowest BCUT2D eigenvalue weighted by molar-refractivity contribution is -0.161. The number of benzene rings is 2. The van der Waals surface area contributed by atoms with Crippen molar-refractivity contribution in [2.24, 2.45) is 11.7 Å². The lowest BCUT2D eigenvalue weighted by Gasteiger charge is -2.44. The highest BCUT2D eigenvalue weighted by Gasteiger charge is 2.58. The lowest BCUT2D eigenvalue weighted by Crippen LogP contribution is -2.69.